The Morgan fingerprint density at radius 2 is 2.00 bits per heavy atom. The van der Waals surface area contributed by atoms with Crippen LogP contribution < -0.4 is 0 Å². The number of rotatable bonds is 4. The largest absolute Gasteiger partial charge is 0.477 e. The smallest absolute Gasteiger partial charge is 0.435 e. The molecule has 0 aliphatic rings. The third kappa shape index (κ3) is 3.73. The van der Waals surface area contributed by atoms with Crippen molar-refractivity contribution in [2.45, 2.75) is 16.8 Å². The van der Waals surface area contributed by atoms with Crippen LogP contribution in [-0.4, -0.2) is 16.1 Å². The number of alkyl halides is 3. The maximum Gasteiger partial charge on any atom is 0.435 e. The summed E-state index contributed by atoms with van der Waals surface area (Å²) in [6.45, 7) is 0. The summed E-state index contributed by atoms with van der Waals surface area (Å²) in [6, 6.07) is 5.80. The fourth-order valence-corrected chi connectivity index (χ4v) is 3.32. The molecule has 0 unspecified atom stereocenters. The summed E-state index contributed by atoms with van der Waals surface area (Å²) >= 11 is 1.40. The van der Waals surface area contributed by atoms with Crippen molar-refractivity contribution >= 4 is 29.1 Å². The second-order valence-electron chi connectivity index (χ2n) is 3.81. The highest BCUT2D eigenvalue weighted by atomic mass is 32.2. The average Bonchev–Trinajstić information content (AvgIpc) is 2.82. The molecule has 9 heteroatoms. The minimum atomic E-state index is -4.83. The van der Waals surface area contributed by atoms with Crippen molar-refractivity contribution in [3.8, 4) is 0 Å². The van der Waals surface area contributed by atoms with E-state index in [-0.39, 0.29) is 15.7 Å². The van der Waals surface area contributed by atoms with Crippen LogP contribution in [0.4, 0.5) is 17.6 Å². The van der Waals surface area contributed by atoms with Gasteiger partial charge in [0.2, 0.25) is 0 Å². The first kappa shape index (κ1) is 15.8. The molecule has 1 aromatic heterocycles. The number of carboxylic acids is 1. The number of carboxylic acid groups (broad SMARTS) is 1. The standard InChI is InChI=1S/C12H7F4NO2S2/c13-6-3-1-2-4-7(6)20-5-8-17-10(12(14,15)16)9(21-8)11(18)19/h1-4H,5H2,(H,18,19). The molecular weight excluding hydrogens is 330 g/mol. The first-order valence-corrected chi connectivity index (χ1v) is 7.26. The molecule has 0 aliphatic carbocycles. The van der Waals surface area contributed by atoms with Gasteiger partial charge in [0.1, 0.15) is 15.7 Å². The number of thiazole rings is 1. The number of carbonyl (C=O) groups is 1. The number of hydrogen-bond donors (Lipinski definition) is 1. The van der Waals surface area contributed by atoms with E-state index in [2.05, 4.69) is 4.98 Å². The van der Waals surface area contributed by atoms with E-state index in [9.17, 15) is 22.4 Å². The summed E-state index contributed by atoms with van der Waals surface area (Å²) in [5.41, 5.74) is -1.41. The van der Waals surface area contributed by atoms with Crippen molar-refractivity contribution in [3.63, 3.8) is 0 Å². The quantitative estimate of drug-likeness (QED) is 0.668. The van der Waals surface area contributed by atoms with E-state index in [1.807, 2.05) is 0 Å². The highest BCUT2D eigenvalue weighted by Crippen LogP contribution is 2.36. The van der Waals surface area contributed by atoms with Crippen molar-refractivity contribution in [3.05, 3.63) is 45.7 Å². The Hall–Kier alpha value is -1.61. The van der Waals surface area contributed by atoms with Crippen LogP contribution in [0.25, 0.3) is 0 Å². The monoisotopic (exact) mass is 337 g/mol. The van der Waals surface area contributed by atoms with Gasteiger partial charge in [0, 0.05) is 4.90 Å². The predicted molar refractivity (Wildman–Crippen MR) is 70.0 cm³/mol. The van der Waals surface area contributed by atoms with Crippen molar-refractivity contribution in [1.29, 1.82) is 0 Å². The fourth-order valence-electron chi connectivity index (χ4n) is 1.46. The fraction of sp³-hybridized carbons (Fsp3) is 0.167. The van der Waals surface area contributed by atoms with Crippen molar-refractivity contribution in [2.75, 3.05) is 0 Å². The first-order valence-electron chi connectivity index (χ1n) is 5.46. The van der Waals surface area contributed by atoms with Gasteiger partial charge in [-0.05, 0) is 12.1 Å². The molecule has 3 nitrogen and oxygen atoms in total. The van der Waals surface area contributed by atoms with E-state index in [1.165, 1.54) is 18.2 Å². The highest BCUT2D eigenvalue weighted by Gasteiger charge is 2.39. The summed E-state index contributed by atoms with van der Waals surface area (Å²) in [6.07, 6.45) is -4.83. The Balaban J connectivity index is 2.22. The molecule has 0 bridgehead atoms. The van der Waals surface area contributed by atoms with E-state index in [4.69, 9.17) is 5.11 Å². The Bertz CT molecular complexity index is 670. The summed E-state index contributed by atoms with van der Waals surface area (Å²) in [4.78, 5) is 13.5. The highest BCUT2D eigenvalue weighted by molar-refractivity contribution is 7.98. The van der Waals surface area contributed by atoms with Crippen LogP contribution >= 0.6 is 23.1 Å². The minimum Gasteiger partial charge on any atom is -0.477 e. The maximum atomic E-state index is 13.4. The molecule has 0 fully saturated rings. The third-order valence-electron chi connectivity index (χ3n) is 2.32. The maximum absolute atomic E-state index is 13.4. The zero-order valence-corrected chi connectivity index (χ0v) is 11.8. The molecule has 0 saturated carbocycles. The predicted octanol–water partition coefficient (Wildman–Crippen LogP) is 4.29. The third-order valence-corrected chi connectivity index (χ3v) is 4.61. The lowest BCUT2D eigenvalue weighted by molar-refractivity contribution is -0.141. The molecule has 21 heavy (non-hydrogen) atoms. The van der Waals surface area contributed by atoms with E-state index >= 15 is 0 Å². The summed E-state index contributed by atoms with van der Waals surface area (Å²) < 4.78 is 51.4. The Labute approximate surface area is 124 Å². The molecule has 0 spiro atoms. The Morgan fingerprint density at radius 3 is 2.52 bits per heavy atom. The van der Waals surface area contributed by atoms with Crippen LogP contribution in [0.3, 0.4) is 0 Å². The zero-order valence-electron chi connectivity index (χ0n) is 10.1. The van der Waals surface area contributed by atoms with Gasteiger partial charge in [-0.3, -0.25) is 0 Å². The normalized spacial score (nSPS) is 11.6. The molecule has 0 atom stereocenters. The number of halogens is 4. The van der Waals surface area contributed by atoms with Crippen molar-refractivity contribution in [2.24, 2.45) is 0 Å². The zero-order chi connectivity index (χ0) is 15.6. The molecule has 1 N–H and O–H groups in total. The number of nitrogens with zero attached hydrogens (tertiary/aromatic N) is 1. The van der Waals surface area contributed by atoms with Gasteiger partial charge < -0.3 is 5.11 Å². The second-order valence-corrected chi connectivity index (χ2v) is 5.91. The lowest BCUT2D eigenvalue weighted by Gasteiger charge is -2.02. The van der Waals surface area contributed by atoms with Crippen LogP contribution in [0.1, 0.15) is 20.4 Å². The molecule has 0 amide bonds. The van der Waals surface area contributed by atoms with Gasteiger partial charge in [-0.2, -0.15) is 13.2 Å². The lowest BCUT2D eigenvalue weighted by atomic mass is 10.3. The van der Waals surface area contributed by atoms with Gasteiger partial charge >= 0.3 is 12.1 Å². The first-order chi connectivity index (χ1) is 9.79. The number of aromatic nitrogens is 1. The van der Waals surface area contributed by atoms with Gasteiger partial charge in [-0.15, -0.1) is 23.1 Å². The van der Waals surface area contributed by atoms with Crippen LogP contribution in [0.5, 0.6) is 0 Å². The van der Waals surface area contributed by atoms with Gasteiger partial charge in [0.25, 0.3) is 0 Å². The summed E-state index contributed by atoms with van der Waals surface area (Å²) in [5.74, 6) is -2.21. The number of aromatic carboxylic acids is 1. The van der Waals surface area contributed by atoms with Crippen molar-refractivity contribution in [1.82, 2.24) is 4.98 Å². The van der Waals surface area contributed by atoms with Gasteiger partial charge in [-0.1, -0.05) is 12.1 Å². The van der Waals surface area contributed by atoms with E-state index in [0.29, 0.717) is 11.3 Å². The Kier molecular flexibility index (Phi) is 4.52. The molecule has 1 heterocycles. The molecule has 112 valence electrons. The number of hydrogen-bond acceptors (Lipinski definition) is 4. The Morgan fingerprint density at radius 1 is 1.33 bits per heavy atom. The lowest BCUT2D eigenvalue weighted by Crippen LogP contribution is -2.11. The summed E-state index contributed by atoms with van der Waals surface area (Å²) in [5, 5.41) is 8.75. The number of benzene rings is 1. The van der Waals surface area contributed by atoms with E-state index < -0.39 is 28.5 Å². The molecule has 0 radical (unpaired) electrons. The van der Waals surface area contributed by atoms with Gasteiger partial charge in [-0.25, -0.2) is 14.2 Å². The van der Waals surface area contributed by atoms with Crippen molar-refractivity contribution < 1.29 is 27.5 Å². The number of thioether (sulfide) groups is 1. The SMILES string of the molecule is O=C(O)c1sc(CSc2ccccc2F)nc1C(F)(F)F. The van der Waals surface area contributed by atoms with Crippen LogP contribution in [-0.2, 0) is 11.9 Å². The van der Waals surface area contributed by atoms with Gasteiger partial charge in [0.05, 0.1) is 5.75 Å². The topological polar surface area (TPSA) is 50.2 Å². The summed E-state index contributed by atoms with van der Waals surface area (Å²) in [7, 11) is 0. The molecular formula is C12H7F4NO2S2. The van der Waals surface area contributed by atoms with E-state index in [1.54, 1.807) is 6.07 Å². The molecule has 0 aliphatic heterocycles. The average molecular weight is 337 g/mol. The van der Waals surface area contributed by atoms with Crippen LogP contribution in [0.15, 0.2) is 29.2 Å². The second kappa shape index (κ2) is 6.02. The van der Waals surface area contributed by atoms with Crippen LogP contribution in [0, 0.1) is 5.82 Å². The minimum absolute atomic E-state index is 0.0204. The van der Waals surface area contributed by atoms with Gasteiger partial charge in [0.15, 0.2) is 5.69 Å². The molecule has 0 saturated heterocycles. The molecule has 2 aromatic rings. The van der Waals surface area contributed by atoms with Crippen LogP contribution in [0.2, 0.25) is 0 Å². The van der Waals surface area contributed by atoms with E-state index in [0.717, 1.165) is 11.8 Å². The molecule has 1 aromatic carbocycles. The molecule has 2 rings (SSSR count).